The summed E-state index contributed by atoms with van der Waals surface area (Å²) in [5, 5.41) is 9.90. The summed E-state index contributed by atoms with van der Waals surface area (Å²) in [6, 6.07) is 6.05. The molecule has 3 aliphatic rings. The Morgan fingerprint density at radius 2 is 2.03 bits per heavy atom. The Balaban J connectivity index is 1.65. The lowest BCUT2D eigenvalue weighted by Crippen LogP contribution is -2.56. The van der Waals surface area contributed by atoms with E-state index in [9.17, 15) is 19.5 Å². The molecule has 0 aliphatic carbocycles. The maximum atomic E-state index is 14.2. The lowest BCUT2D eigenvalue weighted by molar-refractivity contribution is -0.155. The molecular formula is C28H35ClN2O6. The minimum atomic E-state index is -1.14. The summed E-state index contributed by atoms with van der Waals surface area (Å²) < 4.78 is 12.0. The molecule has 3 aliphatic heterocycles. The van der Waals surface area contributed by atoms with Crippen molar-refractivity contribution >= 4 is 35.1 Å². The topological polar surface area (TPSA) is 96.4 Å². The number of carbonyl (C=O) groups excluding carboxylic acids is 3. The largest absolute Gasteiger partial charge is 0.465 e. The Hall–Kier alpha value is -2.68. The zero-order chi connectivity index (χ0) is 26.6. The number of fused-ring (bicyclic) bond motifs is 1. The maximum Gasteiger partial charge on any atom is 0.312 e. The standard InChI is InChI=1S/C28H35ClN2O6/c1-3-5-6-9-18-36-27(35)22-21-13-14-28(37-21)23(22)25(33)31(16-10-17-32)24(28)26(34)30(15-4-2)20-12-8-7-11-19(20)29/h3-4,7-8,11-12,21-24,32H,1-2,5-6,9-10,13-18H2/t21-,22+,23+,24?,28?/m1/s1. The van der Waals surface area contributed by atoms with E-state index < -0.39 is 35.6 Å². The molecule has 0 saturated carbocycles. The average Bonchev–Trinajstić information content (AvgIpc) is 3.53. The van der Waals surface area contributed by atoms with Crippen LogP contribution in [-0.2, 0) is 23.9 Å². The molecular weight excluding hydrogens is 496 g/mol. The molecule has 200 valence electrons. The number of nitrogens with zero attached hydrogens (tertiary/aromatic N) is 2. The van der Waals surface area contributed by atoms with Crippen LogP contribution in [0.2, 0.25) is 5.02 Å². The van der Waals surface area contributed by atoms with Crippen LogP contribution in [0.25, 0.3) is 0 Å². The van der Waals surface area contributed by atoms with Crippen molar-refractivity contribution in [2.75, 3.05) is 31.2 Å². The van der Waals surface area contributed by atoms with Gasteiger partial charge in [-0.3, -0.25) is 14.4 Å². The predicted octanol–water partition coefficient (Wildman–Crippen LogP) is 3.52. The van der Waals surface area contributed by atoms with Crippen LogP contribution in [0.5, 0.6) is 0 Å². The minimum Gasteiger partial charge on any atom is -0.465 e. The summed E-state index contributed by atoms with van der Waals surface area (Å²) in [4.78, 5) is 44.3. The number of unbranched alkanes of at least 4 members (excludes halogenated alkanes) is 2. The number of carbonyl (C=O) groups is 3. The van der Waals surface area contributed by atoms with E-state index in [-0.39, 0.29) is 38.1 Å². The molecule has 3 heterocycles. The maximum absolute atomic E-state index is 14.2. The van der Waals surface area contributed by atoms with E-state index in [0.717, 1.165) is 12.8 Å². The lowest BCUT2D eigenvalue weighted by Gasteiger charge is -2.37. The van der Waals surface area contributed by atoms with Gasteiger partial charge in [0.1, 0.15) is 11.6 Å². The Bertz CT molecular complexity index is 1050. The Kier molecular flexibility index (Phi) is 8.72. The first kappa shape index (κ1) is 27.4. The van der Waals surface area contributed by atoms with Crippen LogP contribution in [0, 0.1) is 11.8 Å². The fraction of sp³-hybridized carbons (Fsp3) is 0.536. The number of likely N-dealkylation sites (tertiary alicyclic amines) is 1. The van der Waals surface area contributed by atoms with Crippen molar-refractivity contribution in [2.45, 2.75) is 56.3 Å². The van der Waals surface area contributed by atoms with E-state index in [2.05, 4.69) is 13.2 Å². The van der Waals surface area contributed by atoms with Crippen LogP contribution in [-0.4, -0.2) is 71.8 Å². The van der Waals surface area contributed by atoms with Gasteiger partial charge in [-0.25, -0.2) is 0 Å². The number of ether oxygens (including phenoxy) is 2. The third-order valence-electron chi connectivity index (χ3n) is 7.63. The molecule has 0 aromatic heterocycles. The van der Waals surface area contributed by atoms with Gasteiger partial charge < -0.3 is 24.4 Å². The SMILES string of the molecule is C=CCCCCOC(=O)[C@@H]1[C@H]2C(=O)N(CCCO)C(C(=O)N(CC=C)c3ccccc3Cl)C23CC[C@H]1O3. The second-order valence-corrected chi connectivity index (χ2v) is 10.2. The molecule has 1 spiro atoms. The van der Waals surface area contributed by atoms with Gasteiger partial charge in [0.15, 0.2) is 0 Å². The lowest BCUT2D eigenvalue weighted by atomic mass is 9.70. The first-order valence-electron chi connectivity index (χ1n) is 12.9. The highest BCUT2D eigenvalue weighted by Crippen LogP contribution is 2.59. The van der Waals surface area contributed by atoms with E-state index in [1.807, 2.05) is 6.08 Å². The Morgan fingerprint density at radius 3 is 2.73 bits per heavy atom. The summed E-state index contributed by atoms with van der Waals surface area (Å²) in [5.74, 6) is -2.67. The molecule has 9 heteroatoms. The van der Waals surface area contributed by atoms with Crippen molar-refractivity contribution in [1.82, 2.24) is 4.90 Å². The summed E-state index contributed by atoms with van der Waals surface area (Å²) >= 11 is 6.45. The number of para-hydroxylation sites is 1. The van der Waals surface area contributed by atoms with Crippen LogP contribution in [0.3, 0.4) is 0 Å². The number of halogens is 1. The number of allylic oxidation sites excluding steroid dienone is 1. The van der Waals surface area contributed by atoms with Crippen molar-refractivity contribution in [3.05, 3.63) is 54.6 Å². The van der Waals surface area contributed by atoms with E-state index in [1.54, 1.807) is 30.3 Å². The van der Waals surface area contributed by atoms with E-state index in [4.69, 9.17) is 21.1 Å². The monoisotopic (exact) mass is 530 g/mol. The molecule has 4 rings (SSSR count). The number of anilines is 1. The van der Waals surface area contributed by atoms with Crippen molar-refractivity contribution in [3.63, 3.8) is 0 Å². The highest BCUT2D eigenvalue weighted by molar-refractivity contribution is 6.34. The average molecular weight is 531 g/mol. The van der Waals surface area contributed by atoms with Gasteiger partial charge in [0.25, 0.3) is 5.91 Å². The van der Waals surface area contributed by atoms with Gasteiger partial charge in [0, 0.05) is 19.7 Å². The molecule has 1 aromatic rings. The number of hydrogen-bond donors (Lipinski definition) is 1. The number of aliphatic hydroxyl groups is 1. The van der Waals surface area contributed by atoms with Crippen molar-refractivity contribution in [2.24, 2.45) is 11.8 Å². The molecule has 2 bridgehead atoms. The van der Waals surface area contributed by atoms with Crippen LogP contribution in [0.1, 0.15) is 38.5 Å². The zero-order valence-electron chi connectivity index (χ0n) is 21.0. The van der Waals surface area contributed by atoms with E-state index >= 15 is 0 Å². The van der Waals surface area contributed by atoms with Crippen molar-refractivity contribution in [1.29, 1.82) is 0 Å². The Morgan fingerprint density at radius 1 is 1.24 bits per heavy atom. The second-order valence-electron chi connectivity index (χ2n) is 9.81. The first-order chi connectivity index (χ1) is 17.9. The smallest absolute Gasteiger partial charge is 0.312 e. The highest BCUT2D eigenvalue weighted by atomic mass is 35.5. The van der Waals surface area contributed by atoms with Gasteiger partial charge in [-0.1, -0.05) is 35.9 Å². The quantitative estimate of drug-likeness (QED) is 0.238. The van der Waals surface area contributed by atoms with Crippen molar-refractivity contribution in [3.8, 4) is 0 Å². The number of hydrogen-bond acceptors (Lipinski definition) is 6. The van der Waals surface area contributed by atoms with Gasteiger partial charge in [-0.05, 0) is 50.7 Å². The summed E-state index contributed by atoms with van der Waals surface area (Å²) in [6.07, 6.45) is 6.70. The molecule has 8 nitrogen and oxygen atoms in total. The highest BCUT2D eigenvalue weighted by Gasteiger charge is 2.75. The Labute approximate surface area is 222 Å². The van der Waals surface area contributed by atoms with Crippen LogP contribution in [0.15, 0.2) is 49.6 Å². The molecule has 37 heavy (non-hydrogen) atoms. The molecule has 0 radical (unpaired) electrons. The molecule has 3 saturated heterocycles. The minimum absolute atomic E-state index is 0.136. The summed E-state index contributed by atoms with van der Waals surface area (Å²) in [5.41, 5.74) is -0.631. The molecule has 1 aromatic carbocycles. The van der Waals surface area contributed by atoms with E-state index in [1.165, 1.54) is 9.80 Å². The van der Waals surface area contributed by atoms with Gasteiger partial charge >= 0.3 is 5.97 Å². The number of benzene rings is 1. The number of rotatable bonds is 13. The van der Waals surface area contributed by atoms with E-state index in [0.29, 0.717) is 36.4 Å². The number of aliphatic hydroxyl groups excluding tert-OH is 1. The fourth-order valence-electron chi connectivity index (χ4n) is 6.10. The third-order valence-corrected chi connectivity index (χ3v) is 7.95. The normalized spacial score (nSPS) is 27.7. The molecule has 2 unspecified atom stereocenters. The number of esters is 1. The summed E-state index contributed by atoms with van der Waals surface area (Å²) in [7, 11) is 0. The first-order valence-corrected chi connectivity index (χ1v) is 13.3. The summed E-state index contributed by atoms with van der Waals surface area (Å²) in [6.45, 7) is 7.97. The fourth-order valence-corrected chi connectivity index (χ4v) is 6.33. The molecule has 5 atom stereocenters. The molecule has 3 fully saturated rings. The third kappa shape index (κ3) is 4.94. The molecule has 2 amide bonds. The van der Waals surface area contributed by atoms with Crippen molar-refractivity contribution < 1.29 is 29.0 Å². The second kappa shape index (κ2) is 11.8. The van der Waals surface area contributed by atoms with Gasteiger partial charge in [-0.15, -0.1) is 13.2 Å². The van der Waals surface area contributed by atoms with Gasteiger partial charge in [-0.2, -0.15) is 0 Å². The van der Waals surface area contributed by atoms with Crippen LogP contribution >= 0.6 is 11.6 Å². The zero-order valence-corrected chi connectivity index (χ0v) is 21.8. The van der Waals surface area contributed by atoms with Crippen LogP contribution in [0.4, 0.5) is 5.69 Å². The van der Waals surface area contributed by atoms with Crippen LogP contribution < -0.4 is 4.90 Å². The van der Waals surface area contributed by atoms with Gasteiger partial charge in [0.05, 0.1) is 35.3 Å². The number of amides is 2. The predicted molar refractivity (Wildman–Crippen MR) is 140 cm³/mol. The van der Waals surface area contributed by atoms with Gasteiger partial charge in [0.2, 0.25) is 5.91 Å². The molecule has 1 N–H and O–H groups in total.